The quantitative estimate of drug-likeness (QED) is 0.0243. The zero-order valence-corrected chi connectivity index (χ0v) is 47.0. The number of benzene rings is 2. The summed E-state index contributed by atoms with van der Waals surface area (Å²) >= 11 is 0. The number of rotatable bonds is 24. The molecule has 0 saturated heterocycles. The fourth-order valence-corrected chi connectivity index (χ4v) is 11.5. The highest BCUT2D eigenvalue weighted by molar-refractivity contribution is 6.32. The summed E-state index contributed by atoms with van der Waals surface area (Å²) in [5, 5.41) is 21.9. The van der Waals surface area contributed by atoms with E-state index in [1.54, 1.807) is 61.7 Å². The van der Waals surface area contributed by atoms with Gasteiger partial charge in [-0.1, -0.05) is 27.7 Å². The van der Waals surface area contributed by atoms with Crippen LogP contribution < -0.4 is 16.6 Å². The molecule has 84 heavy (non-hydrogen) atoms. The first-order chi connectivity index (χ1) is 40.5. The van der Waals surface area contributed by atoms with E-state index in [9.17, 15) is 48.6 Å². The molecule has 0 radical (unpaired) electrons. The second-order valence-electron chi connectivity index (χ2n) is 20.5. The first-order valence-corrected chi connectivity index (χ1v) is 27.9. The number of pyridine rings is 4. The zero-order valence-electron chi connectivity index (χ0n) is 47.0. The van der Waals surface area contributed by atoms with Gasteiger partial charge in [0.1, 0.15) is 37.4 Å². The lowest BCUT2D eigenvalue weighted by atomic mass is 9.85. The van der Waals surface area contributed by atoms with Gasteiger partial charge >= 0.3 is 29.8 Å². The Kier molecular flexibility index (Phi) is 17.1. The maximum Gasteiger partial charge on any atom is 0.400 e. The number of Topliss-reactive ketones (excluding diaryl/α,β-unsaturated/α-hetero) is 1. The minimum Gasteiger partial charge on any atom is -0.508 e. The van der Waals surface area contributed by atoms with Gasteiger partial charge in [0.05, 0.1) is 104 Å². The van der Waals surface area contributed by atoms with Crippen molar-refractivity contribution in [2.75, 3.05) is 52.9 Å². The van der Waals surface area contributed by atoms with Crippen LogP contribution in [0.25, 0.3) is 44.6 Å². The van der Waals surface area contributed by atoms with E-state index in [0.717, 1.165) is 33.0 Å². The molecule has 0 fully saturated rings. The summed E-state index contributed by atoms with van der Waals surface area (Å²) in [6.07, 6.45) is -0.320. The lowest BCUT2D eigenvalue weighted by Crippen LogP contribution is -2.49. The minimum absolute atomic E-state index is 0.00612. The third-order valence-electron chi connectivity index (χ3n) is 15.7. The van der Waals surface area contributed by atoms with Crippen LogP contribution in [0.2, 0.25) is 0 Å². The molecule has 3 N–H and O–H groups in total. The number of aromatic nitrogens is 4. The lowest BCUT2D eigenvalue weighted by Gasteiger charge is -2.35. The number of hydrogen-bond donors (Lipinski definition) is 3. The number of nitrogens with one attached hydrogen (secondary N) is 1. The van der Waals surface area contributed by atoms with E-state index in [1.165, 1.54) is 16.7 Å². The molecular weight excluding hydrogens is 1090 g/mol. The van der Waals surface area contributed by atoms with Crippen molar-refractivity contribution in [3.8, 4) is 34.3 Å². The van der Waals surface area contributed by atoms with Gasteiger partial charge in [0.2, 0.25) is 11.2 Å². The number of aromatic hydroxyl groups is 2. The van der Waals surface area contributed by atoms with Gasteiger partial charge in [0.15, 0.2) is 5.78 Å². The normalized spacial score (nSPS) is 17.5. The summed E-state index contributed by atoms with van der Waals surface area (Å²) in [4.78, 5) is 123. The Balaban J connectivity index is 0.670. The Bertz CT molecular complexity index is 3800. The number of aryl methyl sites for hydroxylation is 2. The third kappa shape index (κ3) is 10.8. The standard InChI is InChI=1S/C60H63N5O19/c1-6-36-38-21-32(66)11-14-46(38)61-51-40(36)25-64-48(51)23-44-42(54(64)71)30-80-57(74)59(44,8-3)83-50(69)16-13-34(68)27-77-17-19-79-35(28-76-10-5)29-78-18-20-82-63-53(70)56(73)84-60(9-4)45-24-49-52-41(26-65(49)55(72)43(45)31-81-58(60)75)37(7-2)39-22-33(67)12-15-47(39)62-52/h11-12,14-15,21-24,35,66-67H,6-10,13,16-20,25-31H2,1-5H3,(H,63,70)/t35?,59-,60-/m0/s1. The average Bonchev–Trinajstić information content (AvgIpc) is 1.55. The van der Waals surface area contributed by atoms with Gasteiger partial charge in [-0.05, 0) is 92.3 Å². The van der Waals surface area contributed by atoms with Gasteiger partial charge < -0.3 is 57.2 Å². The molecule has 4 aromatic heterocycles. The van der Waals surface area contributed by atoms with E-state index < -0.39 is 70.4 Å². The molecule has 0 spiro atoms. The van der Waals surface area contributed by atoms with Crippen LogP contribution in [-0.4, -0.2) is 124 Å². The van der Waals surface area contributed by atoms with Crippen molar-refractivity contribution in [3.05, 3.63) is 114 Å². The van der Waals surface area contributed by atoms with Gasteiger partial charge in [-0.25, -0.2) is 29.8 Å². The Morgan fingerprint density at radius 2 is 1.17 bits per heavy atom. The minimum atomic E-state index is -2.15. The smallest absolute Gasteiger partial charge is 0.400 e. The molecule has 3 atom stereocenters. The summed E-state index contributed by atoms with van der Waals surface area (Å²) in [7, 11) is 0. The van der Waals surface area contributed by atoms with Crippen molar-refractivity contribution in [3.63, 3.8) is 0 Å². The van der Waals surface area contributed by atoms with Gasteiger partial charge in [-0.3, -0.25) is 28.8 Å². The highest BCUT2D eigenvalue weighted by atomic mass is 16.7. The average molecular weight is 1160 g/mol. The predicted octanol–water partition coefficient (Wildman–Crippen LogP) is 4.66. The molecule has 24 heteroatoms. The van der Waals surface area contributed by atoms with Crippen LogP contribution >= 0.6 is 0 Å². The van der Waals surface area contributed by atoms with E-state index >= 15 is 0 Å². The van der Waals surface area contributed by atoms with Crippen molar-refractivity contribution in [1.29, 1.82) is 0 Å². The number of esters is 4. The number of phenolic OH excluding ortho intramolecular Hbond substituents is 2. The number of ketones is 1. The van der Waals surface area contributed by atoms with Crippen molar-refractivity contribution >= 4 is 57.4 Å². The number of fused-ring (bicyclic) bond motifs is 10. The highest BCUT2D eigenvalue weighted by Gasteiger charge is 2.52. The van der Waals surface area contributed by atoms with Crippen LogP contribution in [0.4, 0.5) is 0 Å². The number of phenols is 2. The third-order valence-corrected chi connectivity index (χ3v) is 15.7. The summed E-state index contributed by atoms with van der Waals surface area (Å²) in [6, 6.07) is 12.9. The molecule has 442 valence electrons. The van der Waals surface area contributed by atoms with Gasteiger partial charge in [0, 0.05) is 46.1 Å². The van der Waals surface area contributed by atoms with Crippen LogP contribution in [0.3, 0.4) is 0 Å². The van der Waals surface area contributed by atoms with Gasteiger partial charge in [-0.15, -0.1) is 0 Å². The second-order valence-corrected chi connectivity index (χ2v) is 20.5. The maximum atomic E-state index is 14.1. The zero-order chi connectivity index (χ0) is 59.6. The Hall–Kier alpha value is -8.42. The molecule has 4 aliphatic heterocycles. The molecule has 2 aromatic carbocycles. The Morgan fingerprint density at radius 1 is 0.643 bits per heavy atom. The van der Waals surface area contributed by atoms with Crippen LogP contribution in [0, 0.1) is 0 Å². The molecule has 0 aliphatic carbocycles. The lowest BCUT2D eigenvalue weighted by molar-refractivity contribution is -0.192. The number of ether oxygens (including phenoxy) is 8. The maximum absolute atomic E-state index is 14.1. The molecular formula is C60H63N5O19. The first kappa shape index (κ1) is 58.8. The molecule has 0 bridgehead atoms. The molecule has 1 unspecified atom stereocenters. The van der Waals surface area contributed by atoms with Gasteiger partial charge in [0.25, 0.3) is 11.1 Å². The van der Waals surface area contributed by atoms with E-state index in [4.69, 9.17) is 52.7 Å². The van der Waals surface area contributed by atoms with Crippen LogP contribution in [0.5, 0.6) is 11.5 Å². The Morgan fingerprint density at radius 3 is 1.69 bits per heavy atom. The van der Waals surface area contributed by atoms with E-state index in [0.29, 0.717) is 53.3 Å². The van der Waals surface area contributed by atoms with Crippen molar-refractivity contribution < 1.29 is 81.7 Å². The molecule has 0 saturated carbocycles. The molecule has 4 aliphatic rings. The van der Waals surface area contributed by atoms with Crippen LogP contribution in [0.15, 0.2) is 58.1 Å². The number of nitrogens with zero attached hydrogens (tertiary/aromatic N) is 4. The van der Waals surface area contributed by atoms with E-state index in [-0.39, 0.29) is 126 Å². The number of hydroxylamine groups is 1. The molecule has 8 heterocycles. The van der Waals surface area contributed by atoms with Crippen LogP contribution in [0.1, 0.15) is 105 Å². The number of carbonyl (C=O) groups is 6. The summed E-state index contributed by atoms with van der Waals surface area (Å²) in [5.41, 5.74) is 4.06. The number of amides is 1. The largest absolute Gasteiger partial charge is 0.508 e. The van der Waals surface area contributed by atoms with E-state index in [1.807, 2.05) is 19.3 Å². The topological polar surface area (TPSA) is 308 Å². The molecule has 1 amide bonds. The number of cyclic esters (lactones) is 2. The SMILES string of the molecule is CCOCC(COCCONC(=O)C(=O)O[C@]1(CC)C(=O)OCc2c1cc1n(c2=O)Cc2c-1nc1ccc(O)cc1c2CC)OCCOCC(=O)CCC(=O)O[C@]1(CC)C(=O)OCc2c1cc1n(c2=O)Cc2c-1nc1ccc(O)cc1c2CC. The van der Waals surface area contributed by atoms with Crippen LogP contribution in [-0.2, 0) is 122 Å². The number of hydrogen-bond acceptors (Lipinski definition) is 21. The van der Waals surface area contributed by atoms with Gasteiger partial charge in [-0.2, -0.15) is 0 Å². The second kappa shape index (κ2) is 24.4. The fraction of sp³-hybridized carbons (Fsp3) is 0.433. The summed E-state index contributed by atoms with van der Waals surface area (Å²) < 4.78 is 48.0. The number of carbonyl (C=O) groups excluding carboxylic acids is 6. The highest BCUT2D eigenvalue weighted by Crippen LogP contribution is 2.45. The van der Waals surface area contributed by atoms with Crippen molar-refractivity contribution in [2.24, 2.45) is 0 Å². The van der Waals surface area contributed by atoms with E-state index in [2.05, 4.69) is 0 Å². The monoisotopic (exact) mass is 1160 g/mol. The predicted molar refractivity (Wildman–Crippen MR) is 295 cm³/mol. The summed E-state index contributed by atoms with van der Waals surface area (Å²) in [6.45, 7) is 8.46. The first-order valence-electron chi connectivity index (χ1n) is 27.9. The molecule has 10 rings (SSSR count). The fourth-order valence-electron chi connectivity index (χ4n) is 11.5. The van der Waals surface area contributed by atoms with Crippen molar-refractivity contribution in [2.45, 2.75) is 117 Å². The summed E-state index contributed by atoms with van der Waals surface area (Å²) in [5.74, 6) is -5.75. The Labute approximate surface area is 479 Å². The van der Waals surface area contributed by atoms with Crippen molar-refractivity contribution in [1.82, 2.24) is 24.6 Å². The molecule has 24 nitrogen and oxygen atoms in total. The molecule has 6 aromatic rings.